The van der Waals surface area contributed by atoms with Gasteiger partial charge in [-0.3, -0.25) is 10.2 Å². The monoisotopic (exact) mass is 280 g/mol. The van der Waals surface area contributed by atoms with Crippen LogP contribution >= 0.6 is 11.3 Å². The predicted molar refractivity (Wildman–Crippen MR) is 72.9 cm³/mol. The van der Waals surface area contributed by atoms with E-state index in [4.69, 9.17) is 10.1 Å². The SMILES string of the molecule is Cc1c(C(=O)OC(C)(C)C)sc2c1C(=N)NC(=O)C2. The molecule has 0 spiro atoms. The van der Waals surface area contributed by atoms with Crippen molar-refractivity contribution in [3.05, 3.63) is 20.9 Å². The lowest BCUT2D eigenvalue weighted by Gasteiger charge is -2.19. The van der Waals surface area contributed by atoms with Crippen LogP contribution in [0.5, 0.6) is 0 Å². The van der Waals surface area contributed by atoms with Gasteiger partial charge in [0.1, 0.15) is 16.3 Å². The molecule has 1 amide bonds. The molecule has 1 aromatic heterocycles. The minimum absolute atomic E-state index is 0.0646. The van der Waals surface area contributed by atoms with Crippen LogP contribution < -0.4 is 5.32 Å². The summed E-state index contributed by atoms with van der Waals surface area (Å²) in [5.41, 5.74) is 0.806. The summed E-state index contributed by atoms with van der Waals surface area (Å²) >= 11 is 1.24. The topological polar surface area (TPSA) is 79.2 Å². The first-order valence-electron chi connectivity index (χ1n) is 5.93. The molecule has 6 heteroatoms. The summed E-state index contributed by atoms with van der Waals surface area (Å²) in [6.45, 7) is 7.20. The fraction of sp³-hybridized carbons (Fsp3) is 0.462. The lowest BCUT2D eigenvalue weighted by Crippen LogP contribution is -2.36. The Labute approximate surface area is 115 Å². The van der Waals surface area contributed by atoms with E-state index in [0.29, 0.717) is 16.0 Å². The summed E-state index contributed by atoms with van der Waals surface area (Å²) in [4.78, 5) is 24.7. The Kier molecular flexibility index (Phi) is 3.22. The number of rotatable bonds is 1. The van der Waals surface area contributed by atoms with Crippen LogP contribution in [0.2, 0.25) is 0 Å². The van der Waals surface area contributed by atoms with Crippen LogP contribution in [0.4, 0.5) is 0 Å². The zero-order chi connectivity index (χ0) is 14.4. The Morgan fingerprint density at radius 2 is 2.05 bits per heavy atom. The van der Waals surface area contributed by atoms with Crippen LogP contribution in [0.3, 0.4) is 0 Å². The van der Waals surface area contributed by atoms with E-state index < -0.39 is 11.6 Å². The third kappa shape index (κ3) is 2.68. The van der Waals surface area contributed by atoms with E-state index in [1.807, 2.05) is 0 Å². The fourth-order valence-corrected chi connectivity index (χ4v) is 3.12. The first kappa shape index (κ1) is 13.7. The molecule has 1 aliphatic heterocycles. The molecule has 0 atom stereocenters. The average Bonchev–Trinajstić information content (AvgIpc) is 2.53. The first-order valence-corrected chi connectivity index (χ1v) is 6.75. The van der Waals surface area contributed by atoms with Gasteiger partial charge in [-0.25, -0.2) is 4.79 Å². The van der Waals surface area contributed by atoms with Gasteiger partial charge in [0, 0.05) is 10.4 Å². The fourth-order valence-electron chi connectivity index (χ4n) is 1.94. The molecule has 1 aliphatic rings. The number of amides is 1. The molecule has 102 valence electrons. The van der Waals surface area contributed by atoms with E-state index in [-0.39, 0.29) is 18.2 Å². The third-order valence-electron chi connectivity index (χ3n) is 2.64. The second kappa shape index (κ2) is 4.45. The van der Waals surface area contributed by atoms with Gasteiger partial charge >= 0.3 is 5.97 Å². The standard InChI is InChI=1S/C13H16N2O3S/c1-6-9-7(5-8(16)15-11(9)14)19-10(6)12(17)18-13(2,3)4/h5H2,1-4H3,(H2,14,15,16). The van der Waals surface area contributed by atoms with Crippen LogP contribution in [0, 0.1) is 12.3 Å². The van der Waals surface area contributed by atoms with Crippen molar-refractivity contribution >= 4 is 29.0 Å². The number of amidine groups is 1. The van der Waals surface area contributed by atoms with E-state index in [1.54, 1.807) is 27.7 Å². The molecule has 0 saturated carbocycles. The van der Waals surface area contributed by atoms with Crippen LogP contribution in [-0.4, -0.2) is 23.3 Å². The molecule has 5 nitrogen and oxygen atoms in total. The lowest BCUT2D eigenvalue weighted by atomic mass is 10.0. The quantitative estimate of drug-likeness (QED) is 0.772. The van der Waals surface area contributed by atoms with Crippen LogP contribution in [0.25, 0.3) is 0 Å². The zero-order valence-electron chi connectivity index (χ0n) is 11.3. The Morgan fingerprint density at radius 3 is 2.63 bits per heavy atom. The van der Waals surface area contributed by atoms with Crippen LogP contribution in [0.15, 0.2) is 0 Å². The molecule has 0 radical (unpaired) electrons. The van der Waals surface area contributed by atoms with Gasteiger partial charge in [-0.05, 0) is 33.3 Å². The number of esters is 1. The minimum atomic E-state index is -0.560. The Balaban J connectivity index is 2.40. The molecule has 2 rings (SSSR count). The number of carbonyl (C=O) groups is 2. The van der Waals surface area contributed by atoms with Crippen molar-refractivity contribution in [3.63, 3.8) is 0 Å². The molecular weight excluding hydrogens is 264 g/mol. The summed E-state index contributed by atoms with van der Waals surface area (Å²) in [6, 6.07) is 0. The third-order valence-corrected chi connectivity index (χ3v) is 3.91. The number of carbonyl (C=O) groups excluding carboxylic acids is 2. The van der Waals surface area contributed by atoms with Gasteiger partial charge in [-0.15, -0.1) is 11.3 Å². The summed E-state index contributed by atoms with van der Waals surface area (Å²) < 4.78 is 5.34. The highest BCUT2D eigenvalue weighted by atomic mass is 32.1. The van der Waals surface area contributed by atoms with Crippen molar-refractivity contribution < 1.29 is 14.3 Å². The molecule has 0 bridgehead atoms. The molecule has 2 heterocycles. The lowest BCUT2D eigenvalue weighted by molar-refractivity contribution is -0.119. The predicted octanol–water partition coefficient (Wildman–Crippen LogP) is 2.01. The molecule has 1 aromatic rings. The van der Waals surface area contributed by atoms with Crippen molar-refractivity contribution in [2.45, 2.75) is 39.7 Å². The Hall–Kier alpha value is -1.69. The normalized spacial score (nSPS) is 14.9. The summed E-state index contributed by atoms with van der Waals surface area (Å²) in [5.74, 6) is -0.547. The van der Waals surface area contributed by atoms with Crippen molar-refractivity contribution in [3.8, 4) is 0 Å². The van der Waals surface area contributed by atoms with Crippen LogP contribution in [0.1, 0.15) is 46.4 Å². The van der Waals surface area contributed by atoms with Gasteiger partial charge in [0.2, 0.25) is 5.91 Å². The highest BCUT2D eigenvalue weighted by molar-refractivity contribution is 7.14. The highest BCUT2D eigenvalue weighted by Crippen LogP contribution is 2.31. The highest BCUT2D eigenvalue weighted by Gasteiger charge is 2.30. The number of fused-ring (bicyclic) bond motifs is 1. The van der Waals surface area contributed by atoms with E-state index >= 15 is 0 Å². The molecule has 2 N–H and O–H groups in total. The minimum Gasteiger partial charge on any atom is -0.456 e. The van der Waals surface area contributed by atoms with Gasteiger partial charge in [-0.2, -0.15) is 0 Å². The summed E-state index contributed by atoms with van der Waals surface area (Å²) in [6.07, 6.45) is 0.214. The molecular formula is C13H16N2O3S. The molecule has 0 aliphatic carbocycles. The number of ether oxygens (including phenoxy) is 1. The Morgan fingerprint density at radius 1 is 1.42 bits per heavy atom. The van der Waals surface area contributed by atoms with E-state index in [1.165, 1.54) is 11.3 Å². The van der Waals surface area contributed by atoms with E-state index in [2.05, 4.69) is 5.32 Å². The summed E-state index contributed by atoms with van der Waals surface area (Å²) in [5, 5.41) is 10.3. The molecule has 0 fully saturated rings. The van der Waals surface area contributed by atoms with Gasteiger partial charge in [-0.1, -0.05) is 0 Å². The van der Waals surface area contributed by atoms with Gasteiger partial charge in [0.05, 0.1) is 6.42 Å². The molecule has 0 unspecified atom stereocenters. The Bertz CT molecular complexity index is 581. The smallest absolute Gasteiger partial charge is 0.349 e. The number of hydrogen-bond donors (Lipinski definition) is 2. The van der Waals surface area contributed by atoms with Gasteiger partial charge in [0.15, 0.2) is 0 Å². The second-order valence-corrected chi connectivity index (χ2v) is 6.56. The van der Waals surface area contributed by atoms with Crippen molar-refractivity contribution in [1.82, 2.24) is 5.32 Å². The van der Waals surface area contributed by atoms with E-state index in [9.17, 15) is 9.59 Å². The molecule has 19 heavy (non-hydrogen) atoms. The molecule has 0 saturated heterocycles. The second-order valence-electron chi connectivity index (χ2n) is 5.46. The zero-order valence-corrected chi connectivity index (χ0v) is 12.2. The maximum atomic E-state index is 12.1. The van der Waals surface area contributed by atoms with E-state index in [0.717, 1.165) is 4.88 Å². The largest absolute Gasteiger partial charge is 0.456 e. The average molecular weight is 280 g/mol. The van der Waals surface area contributed by atoms with Crippen molar-refractivity contribution in [2.75, 3.05) is 0 Å². The van der Waals surface area contributed by atoms with Gasteiger partial charge in [0.25, 0.3) is 0 Å². The first-order chi connectivity index (χ1) is 8.69. The van der Waals surface area contributed by atoms with Crippen molar-refractivity contribution in [2.24, 2.45) is 0 Å². The van der Waals surface area contributed by atoms with Crippen LogP contribution in [-0.2, 0) is 16.0 Å². The van der Waals surface area contributed by atoms with Gasteiger partial charge < -0.3 is 10.1 Å². The van der Waals surface area contributed by atoms with Crippen molar-refractivity contribution in [1.29, 1.82) is 5.41 Å². The molecule has 0 aromatic carbocycles. The summed E-state index contributed by atoms with van der Waals surface area (Å²) in [7, 11) is 0. The maximum absolute atomic E-state index is 12.1. The number of hydrogen-bond acceptors (Lipinski definition) is 5. The maximum Gasteiger partial charge on any atom is 0.349 e. The number of thiophene rings is 1. The number of nitrogens with one attached hydrogen (secondary N) is 2.